The highest BCUT2D eigenvalue weighted by atomic mass is 16.7. The third kappa shape index (κ3) is 3.91. The second kappa shape index (κ2) is 8.54. The maximum Gasteiger partial charge on any atom is 0.288 e. The average Bonchev–Trinajstić information content (AvgIpc) is 3.19. The number of hydrogen-bond donors (Lipinski definition) is 5. The van der Waals surface area contributed by atoms with E-state index in [0.29, 0.717) is 17.6 Å². The van der Waals surface area contributed by atoms with Crippen LogP contribution in [0, 0.1) is 0 Å². The minimum Gasteiger partial charge on any atom is -0.452 e. The van der Waals surface area contributed by atoms with Crippen molar-refractivity contribution < 1.29 is 35.0 Å². The first kappa shape index (κ1) is 21.7. The van der Waals surface area contributed by atoms with E-state index in [4.69, 9.17) is 9.47 Å². The van der Waals surface area contributed by atoms with Gasteiger partial charge in [0.1, 0.15) is 23.5 Å². The molecule has 0 radical (unpaired) electrons. The molecule has 1 aliphatic heterocycles. The first-order chi connectivity index (χ1) is 14.9. The molecule has 1 saturated heterocycles. The molecule has 1 unspecified atom stereocenters. The fourth-order valence-corrected chi connectivity index (χ4v) is 3.75. The van der Waals surface area contributed by atoms with Gasteiger partial charge in [0.15, 0.2) is 6.10 Å². The third-order valence-electron chi connectivity index (χ3n) is 5.62. The molecule has 0 saturated carbocycles. The third-order valence-corrected chi connectivity index (χ3v) is 5.62. The second-order valence-corrected chi connectivity index (χ2v) is 7.67. The predicted octanol–water partition coefficient (Wildman–Crippen LogP) is 0.146. The largest absolute Gasteiger partial charge is 0.452 e. The number of hydrogen-bond acceptors (Lipinski definition) is 8. The summed E-state index contributed by atoms with van der Waals surface area (Å²) < 4.78 is 12.5. The summed E-state index contributed by atoms with van der Waals surface area (Å²) in [6.07, 6.45) is -4.28. The highest BCUT2D eigenvalue weighted by molar-refractivity contribution is 5.82. The molecular formula is C22H26N2O7. The van der Waals surface area contributed by atoms with Crippen LogP contribution in [0.3, 0.4) is 0 Å². The van der Waals surface area contributed by atoms with Gasteiger partial charge < -0.3 is 39.6 Å². The number of ether oxygens (including phenoxy) is 2. The highest BCUT2D eigenvalue weighted by Gasteiger charge is 2.57. The molecule has 0 spiro atoms. The van der Waals surface area contributed by atoms with Crippen molar-refractivity contribution in [2.75, 3.05) is 6.61 Å². The molecule has 0 amide bonds. The summed E-state index contributed by atoms with van der Waals surface area (Å²) in [6, 6.07) is 13.1. The summed E-state index contributed by atoms with van der Waals surface area (Å²) in [6.45, 7) is 1.92. The lowest BCUT2D eigenvalue weighted by Gasteiger charge is -2.45. The van der Waals surface area contributed by atoms with E-state index in [1.54, 1.807) is 24.5 Å². The van der Waals surface area contributed by atoms with Crippen LogP contribution in [-0.2, 0) is 17.7 Å². The number of aromatic nitrogens is 2. The topological polar surface area (TPSA) is 137 Å². The van der Waals surface area contributed by atoms with Crippen LogP contribution < -0.4 is 4.74 Å². The van der Waals surface area contributed by atoms with Crippen molar-refractivity contribution in [3.63, 3.8) is 0 Å². The minimum atomic E-state index is -2.66. The molecule has 0 bridgehead atoms. The van der Waals surface area contributed by atoms with Crippen molar-refractivity contribution in [1.29, 1.82) is 0 Å². The number of benzene rings is 2. The molecule has 0 aliphatic carbocycles. The van der Waals surface area contributed by atoms with Crippen LogP contribution in [0.4, 0.5) is 0 Å². The van der Waals surface area contributed by atoms with Crippen molar-refractivity contribution in [3.05, 3.63) is 59.9 Å². The van der Waals surface area contributed by atoms with Crippen LogP contribution in [0.25, 0.3) is 11.0 Å². The summed E-state index contributed by atoms with van der Waals surface area (Å²) in [5.41, 5.74) is 3.38. The Labute approximate surface area is 178 Å². The van der Waals surface area contributed by atoms with Gasteiger partial charge in [0.2, 0.25) is 6.29 Å². The number of imidazole rings is 1. The SMILES string of the molecule is CCc1ccc(Cn2cnc3cccc(O[C@]4(O)C(O)O[C@H](CO)[C@@H](O)[C@@H]4O)c32)cc1. The number of aliphatic hydroxyl groups is 5. The molecule has 5 atom stereocenters. The quantitative estimate of drug-likeness (QED) is 0.349. The van der Waals surface area contributed by atoms with Crippen LogP contribution in [0.1, 0.15) is 18.1 Å². The zero-order valence-corrected chi connectivity index (χ0v) is 17.0. The van der Waals surface area contributed by atoms with Crippen LogP contribution in [0.15, 0.2) is 48.8 Å². The van der Waals surface area contributed by atoms with Crippen molar-refractivity contribution in [2.24, 2.45) is 0 Å². The van der Waals surface area contributed by atoms with Gasteiger partial charge in [0.05, 0.1) is 18.5 Å². The number of para-hydroxylation sites is 1. The molecule has 1 aliphatic rings. The maximum atomic E-state index is 10.9. The van der Waals surface area contributed by atoms with Crippen molar-refractivity contribution >= 4 is 11.0 Å². The fourth-order valence-electron chi connectivity index (χ4n) is 3.75. The van der Waals surface area contributed by atoms with Gasteiger partial charge in [-0.15, -0.1) is 0 Å². The van der Waals surface area contributed by atoms with Gasteiger partial charge in [-0.05, 0) is 29.7 Å². The molecule has 3 aromatic rings. The average molecular weight is 430 g/mol. The van der Waals surface area contributed by atoms with Crippen LogP contribution in [0.5, 0.6) is 5.75 Å². The molecule has 2 heterocycles. The Morgan fingerprint density at radius 3 is 2.48 bits per heavy atom. The summed E-state index contributed by atoms with van der Waals surface area (Å²) in [5.74, 6) is -2.52. The monoisotopic (exact) mass is 430 g/mol. The second-order valence-electron chi connectivity index (χ2n) is 7.67. The van der Waals surface area contributed by atoms with Crippen LogP contribution in [-0.4, -0.2) is 72.1 Å². The van der Waals surface area contributed by atoms with Crippen molar-refractivity contribution in [1.82, 2.24) is 9.55 Å². The molecule has 2 aromatic carbocycles. The Balaban J connectivity index is 1.67. The molecule has 5 N–H and O–H groups in total. The lowest BCUT2D eigenvalue weighted by molar-refractivity contribution is -0.385. The Hall–Kier alpha value is -2.53. The normalized spacial score (nSPS) is 28.7. The Morgan fingerprint density at radius 2 is 1.81 bits per heavy atom. The molecule has 9 heteroatoms. The van der Waals surface area contributed by atoms with Gasteiger partial charge in [-0.1, -0.05) is 37.3 Å². The minimum absolute atomic E-state index is 0.138. The number of aryl methyl sites for hydroxylation is 1. The van der Waals surface area contributed by atoms with E-state index in [1.807, 2.05) is 16.7 Å². The predicted molar refractivity (Wildman–Crippen MR) is 110 cm³/mol. The Bertz CT molecular complexity index is 1040. The van der Waals surface area contributed by atoms with Gasteiger partial charge in [-0.3, -0.25) is 0 Å². The van der Waals surface area contributed by atoms with Gasteiger partial charge >= 0.3 is 0 Å². The van der Waals surface area contributed by atoms with Crippen molar-refractivity contribution in [3.8, 4) is 5.75 Å². The Morgan fingerprint density at radius 1 is 1.10 bits per heavy atom. The lowest BCUT2D eigenvalue weighted by atomic mass is 9.96. The van der Waals surface area contributed by atoms with Crippen molar-refractivity contribution in [2.45, 2.75) is 50.3 Å². The van der Waals surface area contributed by atoms with Gasteiger partial charge in [0, 0.05) is 6.54 Å². The maximum absolute atomic E-state index is 10.9. The molecule has 166 valence electrons. The molecule has 1 fully saturated rings. The van der Waals surface area contributed by atoms with E-state index in [0.717, 1.165) is 12.0 Å². The molecule has 9 nitrogen and oxygen atoms in total. The van der Waals surface area contributed by atoms with Crippen LogP contribution in [0.2, 0.25) is 0 Å². The first-order valence-corrected chi connectivity index (χ1v) is 10.1. The van der Waals surface area contributed by atoms with E-state index in [1.165, 1.54) is 5.56 Å². The first-order valence-electron chi connectivity index (χ1n) is 10.1. The number of rotatable bonds is 6. The van der Waals surface area contributed by atoms with E-state index in [9.17, 15) is 25.5 Å². The molecule has 1 aromatic heterocycles. The van der Waals surface area contributed by atoms with Gasteiger partial charge in [-0.2, -0.15) is 0 Å². The molecule has 4 rings (SSSR count). The number of aliphatic hydroxyl groups excluding tert-OH is 4. The summed E-state index contributed by atoms with van der Waals surface area (Å²) >= 11 is 0. The molecular weight excluding hydrogens is 404 g/mol. The van der Waals surface area contributed by atoms with E-state index < -0.39 is 37.0 Å². The summed E-state index contributed by atoms with van der Waals surface area (Å²) in [4.78, 5) is 4.37. The van der Waals surface area contributed by atoms with Gasteiger partial charge in [-0.25, -0.2) is 4.98 Å². The number of fused-ring (bicyclic) bond motifs is 1. The zero-order chi connectivity index (χ0) is 22.2. The highest BCUT2D eigenvalue weighted by Crippen LogP contribution is 2.35. The smallest absolute Gasteiger partial charge is 0.288 e. The summed E-state index contributed by atoms with van der Waals surface area (Å²) in [7, 11) is 0. The fraction of sp³-hybridized carbons (Fsp3) is 0.409. The van der Waals surface area contributed by atoms with E-state index in [-0.39, 0.29) is 5.75 Å². The van der Waals surface area contributed by atoms with Gasteiger partial charge in [0.25, 0.3) is 5.79 Å². The van der Waals surface area contributed by atoms with E-state index >= 15 is 0 Å². The molecule has 31 heavy (non-hydrogen) atoms. The lowest BCUT2D eigenvalue weighted by Crippen LogP contribution is -2.69. The Kier molecular flexibility index (Phi) is 5.98. The zero-order valence-electron chi connectivity index (χ0n) is 17.0. The number of nitrogens with zero attached hydrogens (tertiary/aromatic N) is 2. The standard InChI is InChI=1S/C22H26N2O7/c1-2-13-6-8-14(9-7-13)10-24-12-23-15-4-3-5-16(18(15)24)31-22(29)20(27)19(26)17(11-25)30-21(22)28/h3-9,12,17,19-21,25-29H,2,10-11H2,1H3/t17-,19-,20+,21?,22+/m1/s1. The van der Waals surface area contributed by atoms with Crippen LogP contribution >= 0.6 is 0 Å². The summed E-state index contributed by atoms with van der Waals surface area (Å²) in [5, 5.41) is 50.9. The van der Waals surface area contributed by atoms with E-state index in [2.05, 4.69) is 24.0 Å².